The second kappa shape index (κ2) is 7.03. The minimum Gasteiger partial charge on any atom is -0.399 e. The van der Waals surface area contributed by atoms with Gasteiger partial charge in [0.1, 0.15) is 0 Å². The number of fused-ring (bicyclic) bond motifs is 1. The van der Waals surface area contributed by atoms with E-state index >= 15 is 0 Å². The van der Waals surface area contributed by atoms with E-state index in [9.17, 15) is 4.79 Å². The highest BCUT2D eigenvalue weighted by Crippen LogP contribution is 2.29. The number of nitrogens with two attached hydrogens (primary N) is 1. The zero-order valence-corrected chi connectivity index (χ0v) is 13.9. The van der Waals surface area contributed by atoms with Crippen LogP contribution in [0.3, 0.4) is 0 Å². The summed E-state index contributed by atoms with van der Waals surface area (Å²) < 4.78 is 0. The molecule has 0 aromatic heterocycles. The predicted molar refractivity (Wildman–Crippen MR) is 94.4 cm³/mol. The van der Waals surface area contributed by atoms with E-state index in [1.165, 1.54) is 5.57 Å². The van der Waals surface area contributed by atoms with Crippen LogP contribution in [0.5, 0.6) is 0 Å². The number of rotatable bonds is 4. The lowest BCUT2D eigenvalue weighted by molar-refractivity contribution is -0.130. The molecule has 122 valence electrons. The van der Waals surface area contributed by atoms with Gasteiger partial charge in [-0.1, -0.05) is 42.5 Å². The van der Waals surface area contributed by atoms with Crippen molar-refractivity contribution in [3.63, 3.8) is 0 Å². The Morgan fingerprint density at radius 1 is 1.17 bits per heavy atom. The maximum Gasteiger partial charge on any atom is 0.222 e. The van der Waals surface area contributed by atoms with Gasteiger partial charge in [-0.3, -0.25) is 4.79 Å². The molecule has 0 bridgehead atoms. The van der Waals surface area contributed by atoms with Crippen molar-refractivity contribution in [2.24, 2.45) is 17.6 Å². The molecule has 0 aromatic rings. The summed E-state index contributed by atoms with van der Waals surface area (Å²) in [6.07, 6.45) is 18.3. The molecule has 3 rings (SSSR count). The first-order valence-corrected chi connectivity index (χ1v) is 8.59. The molecule has 3 heteroatoms. The van der Waals surface area contributed by atoms with E-state index in [1.807, 2.05) is 4.90 Å². The number of likely N-dealkylation sites (tertiary alicyclic amines) is 1. The average molecular weight is 310 g/mol. The van der Waals surface area contributed by atoms with Crippen LogP contribution in [-0.4, -0.2) is 23.9 Å². The summed E-state index contributed by atoms with van der Waals surface area (Å²) in [4.78, 5) is 14.5. The normalized spacial score (nSPS) is 26.8. The van der Waals surface area contributed by atoms with Crippen LogP contribution in [0.15, 0.2) is 59.4 Å². The molecular formula is C20H26N2O. The van der Waals surface area contributed by atoms with E-state index in [0.29, 0.717) is 18.3 Å². The number of nitrogens with zero attached hydrogens (tertiary/aromatic N) is 1. The Kier molecular flexibility index (Phi) is 4.85. The smallest absolute Gasteiger partial charge is 0.222 e. The van der Waals surface area contributed by atoms with Gasteiger partial charge in [-0.15, -0.1) is 0 Å². The van der Waals surface area contributed by atoms with E-state index in [4.69, 9.17) is 5.73 Å². The van der Waals surface area contributed by atoms with Gasteiger partial charge >= 0.3 is 0 Å². The number of allylic oxidation sites excluding steroid dienone is 7. The van der Waals surface area contributed by atoms with Crippen LogP contribution in [0.2, 0.25) is 0 Å². The lowest BCUT2D eigenvalue weighted by atomic mass is 9.92. The van der Waals surface area contributed by atoms with Gasteiger partial charge in [0.2, 0.25) is 5.91 Å². The summed E-state index contributed by atoms with van der Waals surface area (Å²) in [7, 11) is 0. The van der Waals surface area contributed by atoms with Crippen molar-refractivity contribution in [3.8, 4) is 0 Å². The van der Waals surface area contributed by atoms with Crippen LogP contribution in [-0.2, 0) is 4.79 Å². The number of amides is 1. The summed E-state index contributed by atoms with van der Waals surface area (Å²) in [5.74, 6) is 1.26. The van der Waals surface area contributed by atoms with E-state index < -0.39 is 0 Å². The number of hydrogen-bond acceptors (Lipinski definition) is 2. The number of carbonyl (C=O) groups excluding carboxylic acids is 1. The summed E-state index contributed by atoms with van der Waals surface area (Å²) >= 11 is 0. The van der Waals surface area contributed by atoms with E-state index in [0.717, 1.165) is 43.6 Å². The molecule has 1 aliphatic heterocycles. The molecule has 0 aromatic carbocycles. The van der Waals surface area contributed by atoms with E-state index in [2.05, 4.69) is 49.5 Å². The molecule has 2 unspecified atom stereocenters. The monoisotopic (exact) mass is 310 g/mol. The summed E-state index contributed by atoms with van der Waals surface area (Å²) in [6.45, 7) is 3.77. The molecule has 0 radical (unpaired) electrons. The maximum absolute atomic E-state index is 12.5. The first kappa shape index (κ1) is 15.9. The topological polar surface area (TPSA) is 46.3 Å². The largest absolute Gasteiger partial charge is 0.399 e. The van der Waals surface area contributed by atoms with E-state index in [-0.39, 0.29) is 5.91 Å². The molecule has 1 amide bonds. The fraction of sp³-hybridized carbons (Fsp3) is 0.450. The van der Waals surface area contributed by atoms with Crippen LogP contribution in [0.1, 0.15) is 32.6 Å². The molecule has 2 aliphatic carbocycles. The molecule has 2 N–H and O–H groups in total. The van der Waals surface area contributed by atoms with Crippen molar-refractivity contribution in [2.75, 3.05) is 13.1 Å². The SMILES string of the molecule is C/C(CCC(=O)N1CC2C=CC=CC2C1)=C(\N)C1=CC=CCC1. The lowest BCUT2D eigenvalue weighted by Gasteiger charge is -2.17. The number of hydrogen-bond donors (Lipinski definition) is 1. The highest BCUT2D eigenvalue weighted by molar-refractivity contribution is 5.77. The van der Waals surface area contributed by atoms with Gasteiger partial charge in [0, 0.05) is 37.0 Å². The van der Waals surface area contributed by atoms with E-state index in [1.54, 1.807) is 0 Å². The molecule has 1 fully saturated rings. The van der Waals surface area contributed by atoms with Gasteiger partial charge in [-0.25, -0.2) is 0 Å². The van der Waals surface area contributed by atoms with Crippen LogP contribution < -0.4 is 5.73 Å². The molecule has 1 heterocycles. The minimum absolute atomic E-state index is 0.255. The van der Waals surface area contributed by atoms with Crippen molar-refractivity contribution in [1.29, 1.82) is 0 Å². The Labute approximate surface area is 138 Å². The summed E-state index contributed by atoms with van der Waals surface area (Å²) in [5, 5.41) is 0. The lowest BCUT2D eigenvalue weighted by Crippen LogP contribution is -2.28. The second-order valence-electron chi connectivity index (χ2n) is 6.75. The third kappa shape index (κ3) is 3.66. The van der Waals surface area contributed by atoms with Gasteiger partial charge in [0.05, 0.1) is 0 Å². The molecule has 3 nitrogen and oxygen atoms in total. The fourth-order valence-corrected chi connectivity index (χ4v) is 3.57. The molecular weight excluding hydrogens is 284 g/mol. The van der Waals surface area contributed by atoms with Crippen LogP contribution in [0.4, 0.5) is 0 Å². The van der Waals surface area contributed by atoms with Crippen LogP contribution in [0.25, 0.3) is 0 Å². The first-order valence-electron chi connectivity index (χ1n) is 8.59. The van der Waals surface area contributed by atoms with Gasteiger partial charge < -0.3 is 10.6 Å². The average Bonchev–Trinajstić information content (AvgIpc) is 3.03. The van der Waals surface area contributed by atoms with Gasteiger partial charge in [0.25, 0.3) is 0 Å². The zero-order chi connectivity index (χ0) is 16.2. The quantitative estimate of drug-likeness (QED) is 0.864. The van der Waals surface area contributed by atoms with Gasteiger partial charge in [-0.2, -0.15) is 0 Å². The van der Waals surface area contributed by atoms with Crippen molar-refractivity contribution in [1.82, 2.24) is 4.90 Å². The third-order valence-corrected chi connectivity index (χ3v) is 5.13. The van der Waals surface area contributed by atoms with Crippen molar-refractivity contribution >= 4 is 5.91 Å². The minimum atomic E-state index is 0.255. The summed E-state index contributed by atoms with van der Waals surface area (Å²) in [6, 6.07) is 0. The fourth-order valence-electron chi connectivity index (χ4n) is 3.57. The van der Waals surface area contributed by atoms with Crippen molar-refractivity contribution in [2.45, 2.75) is 32.6 Å². The maximum atomic E-state index is 12.5. The molecule has 23 heavy (non-hydrogen) atoms. The molecule has 2 atom stereocenters. The predicted octanol–water partition coefficient (Wildman–Crippen LogP) is 3.48. The van der Waals surface area contributed by atoms with Crippen molar-refractivity contribution < 1.29 is 4.79 Å². The summed E-state index contributed by atoms with van der Waals surface area (Å²) in [5.41, 5.74) is 9.48. The van der Waals surface area contributed by atoms with Crippen LogP contribution >= 0.6 is 0 Å². The Bertz CT molecular complexity index is 602. The molecule has 0 saturated carbocycles. The standard InChI is InChI=1S/C20H26N2O/c1-15(20(21)16-7-3-2-4-8-16)11-12-19(23)22-13-17-9-5-6-10-18(17)14-22/h2-3,5-7,9-10,17-18H,4,8,11-14,21H2,1H3/b20-15+. The first-order chi connectivity index (χ1) is 11.1. The van der Waals surface area contributed by atoms with Gasteiger partial charge in [0.15, 0.2) is 0 Å². The molecule has 1 saturated heterocycles. The van der Waals surface area contributed by atoms with Crippen molar-refractivity contribution in [3.05, 3.63) is 59.4 Å². The Balaban J connectivity index is 1.54. The van der Waals surface area contributed by atoms with Crippen LogP contribution in [0, 0.1) is 11.8 Å². The highest BCUT2D eigenvalue weighted by atomic mass is 16.2. The number of carbonyl (C=O) groups is 1. The highest BCUT2D eigenvalue weighted by Gasteiger charge is 2.32. The second-order valence-corrected chi connectivity index (χ2v) is 6.75. The van der Waals surface area contributed by atoms with Gasteiger partial charge in [-0.05, 0) is 37.3 Å². The Morgan fingerprint density at radius 2 is 1.87 bits per heavy atom. The Morgan fingerprint density at radius 3 is 2.48 bits per heavy atom. The zero-order valence-electron chi connectivity index (χ0n) is 13.9. The Hall–Kier alpha value is -2.03. The molecule has 3 aliphatic rings. The molecule has 0 spiro atoms. The third-order valence-electron chi connectivity index (χ3n) is 5.13.